The lowest BCUT2D eigenvalue weighted by molar-refractivity contribution is 0.0836. The first-order chi connectivity index (χ1) is 10.2. The van der Waals surface area contributed by atoms with Crippen molar-refractivity contribution in [1.29, 1.82) is 0 Å². The van der Waals surface area contributed by atoms with Crippen molar-refractivity contribution in [3.05, 3.63) is 29.8 Å². The highest BCUT2D eigenvalue weighted by atomic mass is 35.5. The van der Waals surface area contributed by atoms with Gasteiger partial charge in [-0.2, -0.15) is 0 Å². The largest absolute Gasteiger partial charge is 0.491 e. The summed E-state index contributed by atoms with van der Waals surface area (Å²) in [6.07, 6.45) is 4.42. The molecule has 1 saturated carbocycles. The maximum absolute atomic E-state index is 5.77. The molecule has 2 fully saturated rings. The summed E-state index contributed by atoms with van der Waals surface area (Å²) in [6.45, 7) is 8.74. The Morgan fingerprint density at radius 2 is 1.65 bits per heavy atom. The molecule has 0 radical (unpaired) electrons. The van der Waals surface area contributed by atoms with E-state index in [1.165, 1.54) is 37.9 Å². The molecule has 0 unspecified atom stereocenters. The van der Waals surface area contributed by atoms with Crippen LogP contribution in [0.25, 0.3) is 0 Å². The summed E-state index contributed by atoms with van der Waals surface area (Å²) >= 11 is 0. The fraction of sp³-hybridized carbons (Fsp3) is 0.667. The molecule has 23 heavy (non-hydrogen) atoms. The minimum atomic E-state index is 0. The van der Waals surface area contributed by atoms with Gasteiger partial charge >= 0.3 is 0 Å². The molecule has 1 saturated heterocycles. The average Bonchev–Trinajstić information content (AvgIpc) is 2.44. The van der Waals surface area contributed by atoms with Crippen molar-refractivity contribution in [3.8, 4) is 5.75 Å². The smallest absolute Gasteiger partial charge is 0.119 e. The van der Waals surface area contributed by atoms with E-state index in [2.05, 4.69) is 48.3 Å². The minimum absolute atomic E-state index is 0. The van der Waals surface area contributed by atoms with Gasteiger partial charge in [0.05, 0.1) is 6.10 Å². The van der Waals surface area contributed by atoms with E-state index in [1.54, 1.807) is 0 Å². The Morgan fingerprint density at radius 3 is 2.13 bits per heavy atom. The lowest BCUT2D eigenvalue weighted by Gasteiger charge is -2.43. The number of benzene rings is 1. The molecule has 1 aromatic rings. The van der Waals surface area contributed by atoms with E-state index in [0.717, 1.165) is 24.8 Å². The Kier molecular flexibility index (Phi) is 8.70. The maximum atomic E-state index is 5.77. The summed E-state index contributed by atoms with van der Waals surface area (Å²) in [4.78, 5) is 2.68. The molecule has 1 aliphatic carbocycles. The molecule has 0 spiro atoms. The molecule has 1 N–H and O–H groups in total. The highest BCUT2D eigenvalue weighted by Gasteiger charge is 2.33. The SMILES string of the molecule is CC(C)Oc1ccc([C@H](C2CCC2)N2CCNCC2)cc1.Cl.Cl. The standard InChI is InChI=1S/C18H28N2O.2ClH/c1-14(2)21-17-8-6-16(7-9-17)18(15-4-3-5-15)20-12-10-19-11-13-20;;/h6-9,14-15,18-19H,3-5,10-13H2,1-2H3;2*1H/t18-;;/m0../s1. The van der Waals surface area contributed by atoms with E-state index in [0.29, 0.717) is 6.04 Å². The Bertz CT molecular complexity index is 443. The van der Waals surface area contributed by atoms with Crippen LogP contribution in [0.15, 0.2) is 24.3 Å². The van der Waals surface area contributed by atoms with Crippen LogP contribution < -0.4 is 10.1 Å². The van der Waals surface area contributed by atoms with E-state index in [1.807, 2.05) is 0 Å². The predicted molar refractivity (Wildman–Crippen MR) is 101 cm³/mol. The zero-order valence-corrected chi connectivity index (χ0v) is 15.8. The van der Waals surface area contributed by atoms with Crippen LogP contribution >= 0.6 is 24.8 Å². The number of nitrogens with zero attached hydrogens (tertiary/aromatic N) is 1. The second kappa shape index (κ2) is 9.73. The minimum Gasteiger partial charge on any atom is -0.491 e. The summed E-state index contributed by atoms with van der Waals surface area (Å²) in [6, 6.07) is 9.45. The second-order valence-corrected chi connectivity index (χ2v) is 6.66. The van der Waals surface area contributed by atoms with Gasteiger partial charge in [-0.15, -0.1) is 24.8 Å². The van der Waals surface area contributed by atoms with Crippen molar-refractivity contribution in [2.75, 3.05) is 26.2 Å². The number of ether oxygens (including phenoxy) is 1. The van der Waals surface area contributed by atoms with Crippen molar-refractivity contribution >= 4 is 24.8 Å². The number of nitrogens with one attached hydrogen (secondary N) is 1. The number of piperazine rings is 1. The third-order valence-electron chi connectivity index (χ3n) is 4.73. The molecular weight excluding hydrogens is 331 g/mol. The van der Waals surface area contributed by atoms with Gasteiger partial charge < -0.3 is 10.1 Å². The van der Waals surface area contributed by atoms with Gasteiger partial charge in [0.1, 0.15) is 5.75 Å². The van der Waals surface area contributed by atoms with Crippen LogP contribution in [-0.4, -0.2) is 37.2 Å². The second-order valence-electron chi connectivity index (χ2n) is 6.66. The molecule has 3 rings (SSSR count). The topological polar surface area (TPSA) is 24.5 Å². The van der Waals surface area contributed by atoms with Crippen molar-refractivity contribution in [3.63, 3.8) is 0 Å². The molecule has 1 aromatic carbocycles. The number of hydrogen-bond acceptors (Lipinski definition) is 3. The van der Waals surface area contributed by atoms with E-state index < -0.39 is 0 Å². The van der Waals surface area contributed by atoms with Gasteiger partial charge in [-0.05, 0) is 50.3 Å². The van der Waals surface area contributed by atoms with E-state index in [-0.39, 0.29) is 30.9 Å². The van der Waals surface area contributed by atoms with E-state index in [9.17, 15) is 0 Å². The molecule has 2 aliphatic rings. The van der Waals surface area contributed by atoms with Gasteiger partial charge in [0.15, 0.2) is 0 Å². The first kappa shape index (κ1) is 20.6. The molecule has 0 bridgehead atoms. The summed E-state index contributed by atoms with van der Waals surface area (Å²) in [5, 5.41) is 3.47. The van der Waals surface area contributed by atoms with Gasteiger partial charge in [0.2, 0.25) is 0 Å². The third-order valence-corrected chi connectivity index (χ3v) is 4.73. The van der Waals surface area contributed by atoms with Crippen LogP contribution in [0.2, 0.25) is 0 Å². The molecule has 0 amide bonds. The number of halogens is 2. The van der Waals surface area contributed by atoms with Crippen molar-refractivity contribution in [2.45, 2.75) is 45.3 Å². The zero-order chi connectivity index (χ0) is 14.7. The monoisotopic (exact) mass is 360 g/mol. The van der Waals surface area contributed by atoms with Crippen LogP contribution in [0, 0.1) is 5.92 Å². The van der Waals surface area contributed by atoms with Crippen LogP contribution in [0.5, 0.6) is 5.75 Å². The van der Waals surface area contributed by atoms with Crippen molar-refractivity contribution in [1.82, 2.24) is 10.2 Å². The highest BCUT2D eigenvalue weighted by molar-refractivity contribution is 5.85. The van der Waals surface area contributed by atoms with Crippen LogP contribution in [-0.2, 0) is 0 Å². The third kappa shape index (κ3) is 5.25. The summed E-state index contributed by atoms with van der Waals surface area (Å²) < 4.78 is 5.77. The van der Waals surface area contributed by atoms with Crippen molar-refractivity contribution < 1.29 is 4.74 Å². The molecule has 132 valence electrons. The molecule has 3 nitrogen and oxygen atoms in total. The lowest BCUT2D eigenvalue weighted by atomic mass is 9.76. The summed E-state index contributed by atoms with van der Waals surface area (Å²) in [5.41, 5.74) is 1.47. The molecule has 1 aliphatic heterocycles. The normalized spacial score (nSPS) is 20.1. The van der Waals surface area contributed by atoms with Gasteiger partial charge in [-0.25, -0.2) is 0 Å². The van der Waals surface area contributed by atoms with Crippen LogP contribution in [0.4, 0.5) is 0 Å². The molecule has 1 heterocycles. The molecule has 0 aromatic heterocycles. The lowest BCUT2D eigenvalue weighted by Crippen LogP contribution is -2.47. The fourth-order valence-electron chi connectivity index (χ4n) is 3.51. The number of hydrogen-bond donors (Lipinski definition) is 1. The van der Waals surface area contributed by atoms with E-state index >= 15 is 0 Å². The fourth-order valence-corrected chi connectivity index (χ4v) is 3.51. The van der Waals surface area contributed by atoms with Gasteiger partial charge in [0.25, 0.3) is 0 Å². The van der Waals surface area contributed by atoms with Gasteiger partial charge in [-0.3, -0.25) is 4.90 Å². The first-order valence-corrected chi connectivity index (χ1v) is 8.45. The summed E-state index contributed by atoms with van der Waals surface area (Å²) in [5.74, 6) is 1.83. The predicted octanol–water partition coefficient (Wildman–Crippen LogP) is 4.06. The first-order valence-electron chi connectivity index (χ1n) is 8.45. The quantitative estimate of drug-likeness (QED) is 0.856. The van der Waals surface area contributed by atoms with Crippen LogP contribution in [0.3, 0.4) is 0 Å². The molecule has 1 atom stereocenters. The maximum Gasteiger partial charge on any atom is 0.119 e. The Hall–Kier alpha value is -0.480. The zero-order valence-electron chi connectivity index (χ0n) is 14.2. The van der Waals surface area contributed by atoms with Crippen molar-refractivity contribution in [2.24, 2.45) is 5.92 Å². The summed E-state index contributed by atoms with van der Waals surface area (Å²) in [7, 11) is 0. The van der Waals surface area contributed by atoms with Crippen LogP contribution in [0.1, 0.15) is 44.7 Å². The Balaban J connectivity index is 0.00000132. The highest BCUT2D eigenvalue weighted by Crippen LogP contribution is 2.41. The molecule has 5 heteroatoms. The Labute approximate surface area is 153 Å². The van der Waals surface area contributed by atoms with Gasteiger partial charge in [0, 0.05) is 32.2 Å². The van der Waals surface area contributed by atoms with Gasteiger partial charge in [-0.1, -0.05) is 18.6 Å². The van der Waals surface area contributed by atoms with E-state index in [4.69, 9.17) is 4.74 Å². The molecular formula is C18H30Cl2N2O. The Morgan fingerprint density at radius 1 is 1.04 bits per heavy atom. The number of rotatable bonds is 5. The average molecular weight is 361 g/mol.